The van der Waals surface area contributed by atoms with Crippen LogP contribution in [-0.4, -0.2) is 10.9 Å². The molecule has 19 heavy (non-hydrogen) atoms. The number of benzene rings is 2. The van der Waals surface area contributed by atoms with Gasteiger partial charge in [-0.3, -0.25) is 4.79 Å². The minimum atomic E-state index is -1.67. The molecule has 0 heterocycles. The summed E-state index contributed by atoms with van der Waals surface area (Å²) >= 11 is 0. The molecule has 0 spiro atoms. The third kappa shape index (κ3) is 2.35. The smallest absolute Gasteiger partial charge is 0.198 e. The molecule has 2 rings (SSSR count). The molecule has 0 fully saturated rings. The summed E-state index contributed by atoms with van der Waals surface area (Å²) in [5, 5.41) is 11.0. The monoisotopic (exact) mass is 252 g/mol. The second-order valence-electron chi connectivity index (χ2n) is 4.55. The Balaban J connectivity index is 2.64. The highest BCUT2D eigenvalue weighted by atomic mass is 16.3. The molecule has 96 valence electrons. The number of rotatable bonds is 4. The SMILES string of the molecule is C=C(C)C(=O)C(O)(c1ccccc1)c1ccccc1. The van der Waals surface area contributed by atoms with Crippen molar-refractivity contribution in [3.05, 3.63) is 83.9 Å². The van der Waals surface area contributed by atoms with Crippen molar-refractivity contribution in [1.82, 2.24) is 0 Å². The lowest BCUT2D eigenvalue weighted by Gasteiger charge is -2.28. The molecule has 2 aromatic rings. The molecule has 0 aliphatic carbocycles. The Labute approximate surface area is 113 Å². The summed E-state index contributed by atoms with van der Waals surface area (Å²) in [7, 11) is 0. The van der Waals surface area contributed by atoms with Crippen molar-refractivity contribution in [3.8, 4) is 0 Å². The van der Waals surface area contributed by atoms with Crippen molar-refractivity contribution in [2.75, 3.05) is 0 Å². The molecule has 0 unspecified atom stereocenters. The van der Waals surface area contributed by atoms with E-state index < -0.39 is 5.60 Å². The van der Waals surface area contributed by atoms with Crippen LogP contribution >= 0.6 is 0 Å². The lowest BCUT2D eigenvalue weighted by atomic mass is 9.80. The van der Waals surface area contributed by atoms with Gasteiger partial charge in [0.1, 0.15) is 0 Å². The minimum Gasteiger partial charge on any atom is -0.373 e. The van der Waals surface area contributed by atoms with Crippen LogP contribution in [0, 0.1) is 0 Å². The predicted molar refractivity (Wildman–Crippen MR) is 75.7 cm³/mol. The summed E-state index contributed by atoms with van der Waals surface area (Å²) in [6, 6.07) is 17.9. The first-order valence-electron chi connectivity index (χ1n) is 6.10. The normalized spacial score (nSPS) is 11.1. The van der Waals surface area contributed by atoms with E-state index in [1.54, 1.807) is 55.5 Å². The first kappa shape index (κ1) is 13.2. The Hall–Kier alpha value is -2.19. The average molecular weight is 252 g/mol. The molecular formula is C17H16O2. The van der Waals surface area contributed by atoms with Gasteiger partial charge in [0.05, 0.1) is 0 Å². The predicted octanol–water partition coefficient (Wildman–Crippen LogP) is 3.07. The van der Waals surface area contributed by atoms with Crippen LogP contribution in [0.1, 0.15) is 18.1 Å². The Kier molecular flexibility index (Phi) is 3.63. The highest BCUT2D eigenvalue weighted by molar-refractivity contribution is 6.03. The van der Waals surface area contributed by atoms with E-state index in [0.29, 0.717) is 16.7 Å². The van der Waals surface area contributed by atoms with Gasteiger partial charge >= 0.3 is 0 Å². The zero-order valence-electron chi connectivity index (χ0n) is 10.8. The Bertz CT molecular complexity index is 546. The molecule has 0 aromatic heterocycles. The maximum Gasteiger partial charge on any atom is 0.198 e. The quantitative estimate of drug-likeness (QED) is 0.849. The van der Waals surface area contributed by atoms with E-state index in [4.69, 9.17) is 0 Å². The summed E-state index contributed by atoms with van der Waals surface area (Å²) in [5.41, 5.74) is -0.243. The van der Waals surface area contributed by atoms with Gasteiger partial charge in [-0.25, -0.2) is 0 Å². The molecule has 2 heteroatoms. The van der Waals surface area contributed by atoms with Gasteiger partial charge in [0.2, 0.25) is 0 Å². The van der Waals surface area contributed by atoms with E-state index >= 15 is 0 Å². The van der Waals surface area contributed by atoms with Crippen molar-refractivity contribution in [3.63, 3.8) is 0 Å². The van der Waals surface area contributed by atoms with Crippen molar-refractivity contribution >= 4 is 5.78 Å². The largest absolute Gasteiger partial charge is 0.373 e. The fourth-order valence-corrected chi connectivity index (χ4v) is 2.10. The number of hydrogen-bond acceptors (Lipinski definition) is 2. The molecule has 0 amide bonds. The van der Waals surface area contributed by atoms with Crippen molar-refractivity contribution < 1.29 is 9.90 Å². The first-order valence-corrected chi connectivity index (χ1v) is 6.10. The number of Topliss-reactive ketones (excluding diaryl/α,β-unsaturated/α-hetero) is 1. The van der Waals surface area contributed by atoms with Crippen LogP contribution in [0.2, 0.25) is 0 Å². The zero-order chi connectivity index (χ0) is 13.9. The van der Waals surface area contributed by atoms with Gasteiger partial charge in [0.25, 0.3) is 0 Å². The fraction of sp³-hybridized carbons (Fsp3) is 0.118. The summed E-state index contributed by atoms with van der Waals surface area (Å²) < 4.78 is 0. The highest BCUT2D eigenvalue weighted by Crippen LogP contribution is 2.32. The van der Waals surface area contributed by atoms with E-state index in [-0.39, 0.29) is 5.78 Å². The third-order valence-corrected chi connectivity index (χ3v) is 3.10. The zero-order valence-corrected chi connectivity index (χ0v) is 10.8. The van der Waals surface area contributed by atoms with Crippen LogP contribution < -0.4 is 0 Å². The molecule has 2 nitrogen and oxygen atoms in total. The minimum absolute atomic E-state index is 0.329. The maximum atomic E-state index is 12.4. The average Bonchev–Trinajstić information content (AvgIpc) is 2.47. The van der Waals surface area contributed by atoms with Gasteiger partial charge < -0.3 is 5.11 Å². The van der Waals surface area contributed by atoms with E-state index in [2.05, 4.69) is 6.58 Å². The maximum absolute atomic E-state index is 12.4. The molecule has 0 atom stereocenters. The van der Waals surface area contributed by atoms with Crippen LogP contribution in [-0.2, 0) is 10.4 Å². The molecule has 0 bridgehead atoms. The van der Waals surface area contributed by atoms with Crippen molar-refractivity contribution in [2.24, 2.45) is 0 Å². The van der Waals surface area contributed by atoms with Gasteiger partial charge in [0, 0.05) is 0 Å². The van der Waals surface area contributed by atoms with Crippen molar-refractivity contribution in [2.45, 2.75) is 12.5 Å². The summed E-state index contributed by atoms with van der Waals surface area (Å²) in [4.78, 5) is 12.4. The number of carbonyl (C=O) groups excluding carboxylic acids is 1. The Morgan fingerprint density at radius 3 is 1.63 bits per heavy atom. The third-order valence-electron chi connectivity index (χ3n) is 3.10. The second-order valence-corrected chi connectivity index (χ2v) is 4.55. The van der Waals surface area contributed by atoms with Gasteiger partial charge in [0.15, 0.2) is 11.4 Å². The van der Waals surface area contributed by atoms with Crippen LogP contribution in [0.15, 0.2) is 72.8 Å². The van der Waals surface area contributed by atoms with Crippen molar-refractivity contribution in [1.29, 1.82) is 0 Å². The van der Waals surface area contributed by atoms with E-state index in [1.807, 2.05) is 12.1 Å². The molecule has 0 saturated heterocycles. The lowest BCUT2D eigenvalue weighted by Crippen LogP contribution is -2.37. The number of carbonyl (C=O) groups is 1. The van der Waals surface area contributed by atoms with Crippen LogP contribution in [0.4, 0.5) is 0 Å². The summed E-state index contributed by atoms with van der Waals surface area (Å²) in [5.74, 6) is -0.384. The molecular weight excluding hydrogens is 236 g/mol. The van der Waals surface area contributed by atoms with Gasteiger partial charge in [-0.1, -0.05) is 67.2 Å². The summed E-state index contributed by atoms with van der Waals surface area (Å²) in [6.45, 7) is 5.27. The van der Waals surface area contributed by atoms with Crippen LogP contribution in [0.25, 0.3) is 0 Å². The lowest BCUT2D eigenvalue weighted by molar-refractivity contribution is -0.130. The van der Waals surface area contributed by atoms with E-state index in [9.17, 15) is 9.90 Å². The first-order chi connectivity index (χ1) is 9.06. The number of hydrogen-bond donors (Lipinski definition) is 1. The molecule has 1 N–H and O–H groups in total. The molecule has 2 aromatic carbocycles. The highest BCUT2D eigenvalue weighted by Gasteiger charge is 2.39. The van der Waals surface area contributed by atoms with Gasteiger partial charge in [-0.05, 0) is 23.6 Å². The Morgan fingerprint density at radius 1 is 0.947 bits per heavy atom. The van der Waals surface area contributed by atoms with Gasteiger partial charge in [-0.15, -0.1) is 0 Å². The summed E-state index contributed by atoms with van der Waals surface area (Å²) in [6.07, 6.45) is 0. The number of aliphatic hydroxyl groups is 1. The number of ketones is 1. The van der Waals surface area contributed by atoms with E-state index in [0.717, 1.165) is 0 Å². The topological polar surface area (TPSA) is 37.3 Å². The van der Waals surface area contributed by atoms with Crippen LogP contribution in [0.5, 0.6) is 0 Å². The standard InChI is InChI=1S/C17H16O2/c1-13(2)16(18)17(19,14-9-5-3-6-10-14)15-11-7-4-8-12-15/h3-12,19H,1H2,2H3. The van der Waals surface area contributed by atoms with E-state index in [1.165, 1.54) is 0 Å². The molecule has 0 aliphatic rings. The molecule has 0 radical (unpaired) electrons. The molecule has 0 saturated carbocycles. The fourth-order valence-electron chi connectivity index (χ4n) is 2.10. The van der Waals surface area contributed by atoms with Crippen LogP contribution in [0.3, 0.4) is 0 Å². The molecule has 0 aliphatic heterocycles. The van der Waals surface area contributed by atoms with Gasteiger partial charge in [-0.2, -0.15) is 0 Å². The second kappa shape index (κ2) is 5.21. The Morgan fingerprint density at radius 2 is 1.32 bits per heavy atom.